The third kappa shape index (κ3) is 4.02. The van der Waals surface area contributed by atoms with Crippen molar-refractivity contribution >= 4 is 0 Å². The fraction of sp³-hybridized carbons (Fsp3) is 0.294. The molecule has 0 saturated heterocycles. The van der Waals surface area contributed by atoms with Crippen LogP contribution in [0.5, 0.6) is 5.75 Å². The number of alkyl halides is 2. The molecule has 0 bridgehead atoms. The largest absolute Gasteiger partial charge is 0.435 e. The Labute approximate surface area is 123 Å². The number of rotatable bonds is 5. The molecule has 2 aromatic rings. The molecular formula is C17H18F2O2. The minimum absolute atomic E-state index is 0.0584. The first-order valence-corrected chi connectivity index (χ1v) is 6.75. The van der Waals surface area contributed by atoms with Crippen LogP contribution >= 0.6 is 0 Å². The summed E-state index contributed by atoms with van der Waals surface area (Å²) in [4.78, 5) is 0. The fourth-order valence-corrected chi connectivity index (χ4v) is 2.38. The maximum absolute atomic E-state index is 12.2. The number of halogens is 2. The number of aliphatic hydroxyl groups is 1. The molecule has 0 saturated carbocycles. The molecule has 0 radical (unpaired) electrons. The van der Waals surface area contributed by atoms with Gasteiger partial charge in [0.05, 0.1) is 6.10 Å². The lowest BCUT2D eigenvalue weighted by atomic mass is 9.94. The molecule has 4 heteroatoms. The van der Waals surface area contributed by atoms with Gasteiger partial charge in [0.25, 0.3) is 0 Å². The lowest BCUT2D eigenvalue weighted by molar-refractivity contribution is -0.0499. The van der Waals surface area contributed by atoms with Gasteiger partial charge in [-0.1, -0.05) is 30.3 Å². The number of ether oxygens (including phenoxy) is 1. The summed E-state index contributed by atoms with van der Waals surface area (Å²) in [6.45, 7) is 1.12. The van der Waals surface area contributed by atoms with E-state index in [1.807, 2.05) is 32.0 Å². The average Bonchev–Trinajstić information content (AvgIpc) is 2.42. The highest BCUT2D eigenvalue weighted by molar-refractivity contribution is 5.36. The summed E-state index contributed by atoms with van der Waals surface area (Å²) >= 11 is 0. The molecule has 112 valence electrons. The average molecular weight is 292 g/mol. The van der Waals surface area contributed by atoms with Gasteiger partial charge < -0.3 is 9.84 Å². The van der Waals surface area contributed by atoms with Crippen molar-refractivity contribution in [2.24, 2.45) is 0 Å². The van der Waals surface area contributed by atoms with E-state index in [9.17, 15) is 13.9 Å². The highest BCUT2D eigenvalue weighted by atomic mass is 19.3. The van der Waals surface area contributed by atoms with E-state index in [0.29, 0.717) is 12.0 Å². The molecule has 0 aliphatic rings. The van der Waals surface area contributed by atoms with Crippen LogP contribution < -0.4 is 4.74 Å². The summed E-state index contributed by atoms with van der Waals surface area (Å²) in [6.07, 6.45) is -0.317. The van der Waals surface area contributed by atoms with Gasteiger partial charge in [-0.3, -0.25) is 0 Å². The van der Waals surface area contributed by atoms with Crippen molar-refractivity contribution in [3.05, 3.63) is 64.7 Å². The SMILES string of the molecule is Cc1cccc(C)c1CC(O)c1cccc(OC(F)F)c1. The van der Waals surface area contributed by atoms with Crippen molar-refractivity contribution in [1.82, 2.24) is 0 Å². The summed E-state index contributed by atoms with van der Waals surface area (Å²) in [6, 6.07) is 12.2. The summed E-state index contributed by atoms with van der Waals surface area (Å²) in [5, 5.41) is 10.3. The quantitative estimate of drug-likeness (QED) is 0.895. The molecule has 0 spiro atoms. The minimum atomic E-state index is -2.86. The first kappa shape index (κ1) is 15.4. The molecule has 21 heavy (non-hydrogen) atoms. The molecule has 1 unspecified atom stereocenters. The predicted molar refractivity (Wildman–Crippen MR) is 77.7 cm³/mol. The fourth-order valence-electron chi connectivity index (χ4n) is 2.38. The minimum Gasteiger partial charge on any atom is -0.435 e. The predicted octanol–water partition coefficient (Wildman–Crippen LogP) is 4.18. The van der Waals surface area contributed by atoms with Crippen LogP contribution in [-0.2, 0) is 6.42 Å². The smallest absolute Gasteiger partial charge is 0.387 e. The van der Waals surface area contributed by atoms with E-state index >= 15 is 0 Å². The van der Waals surface area contributed by atoms with Gasteiger partial charge >= 0.3 is 6.61 Å². The Morgan fingerprint density at radius 3 is 2.29 bits per heavy atom. The van der Waals surface area contributed by atoms with E-state index in [-0.39, 0.29) is 5.75 Å². The van der Waals surface area contributed by atoms with Gasteiger partial charge in [-0.25, -0.2) is 0 Å². The maximum atomic E-state index is 12.2. The monoisotopic (exact) mass is 292 g/mol. The third-order valence-corrected chi connectivity index (χ3v) is 3.51. The van der Waals surface area contributed by atoms with Gasteiger partial charge in [-0.05, 0) is 48.2 Å². The topological polar surface area (TPSA) is 29.5 Å². The molecule has 0 aliphatic carbocycles. The van der Waals surface area contributed by atoms with Crippen LogP contribution in [0.15, 0.2) is 42.5 Å². The van der Waals surface area contributed by atoms with Crippen molar-refractivity contribution in [3.8, 4) is 5.75 Å². The van der Waals surface area contributed by atoms with E-state index in [4.69, 9.17) is 0 Å². The van der Waals surface area contributed by atoms with Crippen LogP contribution in [0, 0.1) is 13.8 Å². The molecule has 0 heterocycles. The standard InChI is InChI=1S/C17H18F2O2/c1-11-5-3-6-12(2)15(11)10-16(20)13-7-4-8-14(9-13)21-17(18)19/h3-9,16-17,20H,10H2,1-2H3. The van der Waals surface area contributed by atoms with Crippen molar-refractivity contribution in [2.45, 2.75) is 33.0 Å². The molecule has 0 fully saturated rings. The highest BCUT2D eigenvalue weighted by Crippen LogP contribution is 2.25. The molecule has 1 N–H and O–H groups in total. The van der Waals surface area contributed by atoms with E-state index < -0.39 is 12.7 Å². The molecule has 0 aliphatic heterocycles. The summed E-state index contributed by atoms with van der Waals surface area (Å²) in [5.74, 6) is 0.0584. The van der Waals surface area contributed by atoms with Gasteiger partial charge in [0, 0.05) is 6.42 Å². The Balaban J connectivity index is 2.18. The molecule has 2 nitrogen and oxygen atoms in total. The van der Waals surface area contributed by atoms with E-state index in [0.717, 1.165) is 16.7 Å². The van der Waals surface area contributed by atoms with Gasteiger partial charge in [0.1, 0.15) is 5.75 Å². The van der Waals surface area contributed by atoms with Crippen molar-refractivity contribution in [3.63, 3.8) is 0 Å². The first-order valence-electron chi connectivity index (χ1n) is 6.75. The molecule has 1 atom stereocenters. The zero-order valence-corrected chi connectivity index (χ0v) is 12.0. The molecule has 2 aromatic carbocycles. The van der Waals surface area contributed by atoms with Crippen LogP contribution in [0.2, 0.25) is 0 Å². The second-order valence-electron chi connectivity index (χ2n) is 5.04. The number of aliphatic hydroxyl groups excluding tert-OH is 1. The zero-order chi connectivity index (χ0) is 15.4. The number of benzene rings is 2. The Kier molecular flexibility index (Phi) is 4.91. The summed E-state index contributed by atoms with van der Waals surface area (Å²) in [5.41, 5.74) is 3.85. The van der Waals surface area contributed by atoms with E-state index in [1.165, 1.54) is 12.1 Å². The van der Waals surface area contributed by atoms with Gasteiger partial charge in [0.15, 0.2) is 0 Å². The Morgan fingerprint density at radius 1 is 1.05 bits per heavy atom. The summed E-state index contributed by atoms with van der Waals surface area (Å²) in [7, 11) is 0. The van der Waals surface area contributed by atoms with Crippen molar-refractivity contribution in [1.29, 1.82) is 0 Å². The summed E-state index contributed by atoms with van der Waals surface area (Å²) < 4.78 is 28.8. The number of aryl methyl sites for hydroxylation is 2. The highest BCUT2D eigenvalue weighted by Gasteiger charge is 2.13. The number of hydrogen-bond donors (Lipinski definition) is 1. The Bertz CT molecular complexity index is 591. The zero-order valence-electron chi connectivity index (χ0n) is 12.0. The third-order valence-electron chi connectivity index (χ3n) is 3.51. The van der Waals surface area contributed by atoms with Crippen molar-refractivity contribution in [2.75, 3.05) is 0 Å². The number of hydrogen-bond acceptors (Lipinski definition) is 2. The van der Waals surface area contributed by atoms with Crippen LogP contribution in [0.4, 0.5) is 8.78 Å². The lowest BCUT2D eigenvalue weighted by Gasteiger charge is -2.16. The molecule has 0 aromatic heterocycles. The normalized spacial score (nSPS) is 12.5. The molecule has 0 amide bonds. The van der Waals surface area contributed by atoms with E-state index in [2.05, 4.69) is 4.74 Å². The van der Waals surface area contributed by atoms with Crippen LogP contribution in [0.3, 0.4) is 0 Å². The Morgan fingerprint density at radius 2 is 1.67 bits per heavy atom. The Hall–Kier alpha value is -1.94. The van der Waals surface area contributed by atoms with Crippen LogP contribution in [0.25, 0.3) is 0 Å². The first-order chi connectivity index (χ1) is 9.97. The van der Waals surface area contributed by atoms with Gasteiger partial charge in [-0.2, -0.15) is 8.78 Å². The van der Waals surface area contributed by atoms with E-state index in [1.54, 1.807) is 12.1 Å². The second-order valence-corrected chi connectivity index (χ2v) is 5.04. The lowest BCUT2D eigenvalue weighted by Crippen LogP contribution is -2.06. The molecular weight excluding hydrogens is 274 g/mol. The van der Waals surface area contributed by atoms with Crippen molar-refractivity contribution < 1.29 is 18.6 Å². The van der Waals surface area contributed by atoms with Gasteiger partial charge in [-0.15, -0.1) is 0 Å². The van der Waals surface area contributed by atoms with Gasteiger partial charge in [0.2, 0.25) is 0 Å². The van der Waals surface area contributed by atoms with Crippen LogP contribution in [0.1, 0.15) is 28.4 Å². The maximum Gasteiger partial charge on any atom is 0.387 e. The second kappa shape index (κ2) is 6.68. The molecule has 2 rings (SSSR count). The van der Waals surface area contributed by atoms with Crippen LogP contribution in [-0.4, -0.2) is 11.7 Å².